The molecule has 0 aliphatic rings. The number of halogens is 2. The molecule has 0 fully saturated rings. The van der Waals surface area contributed by atoms with E-state index in [4.69, 9.17) is 17.3 Å². The molecule has 2 N–H and O–H groups in total. The summed E-state index contributed by atoms with van der Waals surface area (Å²) in [5, 5.41) is 0.430. The van der Waals surface area contributed by atoms with Gasteiger partial charge >= 0.3 is 0 Å². The molecule has 0 saturated carbocycles. The molecule has 0 bridgehead atoms. The van der Waals surface area contributed by atoms with E-state index in [0.717, 1.165) is 13.7 Å². The molecule has 0 spiro atoms. The largest absolute Gasteiger partial charge is 0.397 e. The summed E-state index contributed by atoms with van der Waals surface area (Å²) >= 11 is 10.4. The van der Waals surface area contributed by atoms with Crippen molar-refractivity contribution in [1.29, 1.82) is 0 Å². The van der Waals surface area contributed by atoms with Gasteiger partial charge in [0, 0.05) is 12.1 Å². The van der Waals surface area contributed by atoms with Crippen LogP contribution in [-0.4, -0.2) is 15.5 Å². The van der Waals surface area contributed by atoms with Gasteiger partial charge in [0.1, 0.15) is 4.21 Å². The predicted molar refractivity (Wildman–Crippen MR) is 88.2 cm³/mol. The SMILES string of the molecule is Cc1cc(S(=O)(=O)N(C)c2cc(Cl)ccc2N)sc1Br. The number of sulfonamides is 1. The van der Waals surface area contributed by atoms with Crippen molar-refractivity contribution < 1.29 is 8.42 Å². The van der Waals surface area contributed by atoms with Crippen molar-refractivity contribution in [3.63, 3.8) is 0 Å². The number of benzene rings is 1. The van der Waals surface area contributed by atoms with E-state index >= 15 is 0 Å². The van der Waals surface area contributed by atoms with Crippen LogP contribution in [0.3, 0.4) is 0 Å². The van der Waals surface area contributed by atoms with Crippen molar-refractivity contribution in [1.82, 2.24) is 0 Å². The molecule has 0 saturated heterocycles. The number of hydrogen-bond acceptors (Lipinski definition) is 4. The van der Waals surface area contributed by atoms with Gasteiger partial charge in [0.15, 0.2) is 0 Å². The van der Waals surface area contributed by atoms with E-state index in [0.29, 0.717) is 16.4 Å². The Kier molecular flexibility index (Phi) is 4.34. The summed E-state index contributed by atoms with van der Waals surface area (Å²) in [6.45, 7) is 1.84. The number of nitrogen functional groups attached to an aromatic ring is 1. The van der Waals surface area contributed by atoms with E-state index in [1.807, 2.05) is 6.92 Å². The second-order valence-electron chi connectivity index (χ2n) is 4.20. The van der Waals surface area contributed by atoms with Crippen LogP contribution in [0.1, 0.15) is 5.56 Å². The van der Waals surface area contributed by atoms with Crippen LogP contribution in [-0.2, 0) is 10.0 Å². The molecule has 8 heteroatoms. The highest BCUT2D eigenvalue weighted by atomic mass is 79.9. The summed E-state index contributed by atoms with van der Waals surface area (Å²) in [5.41, 5.74) is 7.42. The minimum atomic E-state index is -3.65. The number of nitrogens with two attached hydrogens (primary N) is 1. The number of nitrogens with zero attached hydrogens (tertiary/aromatic N) is 1. The number of anilines is 2. The molecule has 0 amide bonds. The Labute approximate surface area is 135 Å². The summed E-state index contributed by atoms with van der Waals surface area (Å²) in [7, 11) is -2.19. The molecule has 1 aromatic carbocycles. The number of aryl methyl sites for hydroxylation is 1. The van der Waals surface area contributed by atoms with E-state index in [2.05, 4.69) is 15.9 Å². The molecule has 0 unspecified atom stereocenters. The zero-order valence-corrected chi connectivity index (χ0v) is 14.7. The van der Waals surface area contributed by atoms with Crippen molar-refractivity contribution >= 4 is 60.3 Å². The Morgan fingerprint density at radius 3 is 2.55 bits per heavy atom. The zero-order valence-electron chi connectivity index (χ0n) is 10.7. The quantitative estimate of drug-likeness (QED) is 0.802. The van der Waals surface area contributed by atoms with Gasteiger partial charge in [0.05, 0.1) is 15.2 Å². The Morgan fingerprint density at radius 2 is 2.00 bits per heavy atom. The lowest BCUT2D eigenvalue weighted by Crippen LogP contribution is -2.26. The molecule has 108 valence electrons. The van der Waals surface area contributed by atoms with E-state index in [1.54, 1.807) is 18.2 Å². The van der Waals surface area contributed by atoms with Crippen LogP contribution in [0.5, 0.6) is 0 Å². The van der Waals surface area contributed by atoms with E-state index in [1.165, 1.54) is 24.5 Å². The smallest absolute Gasteiger partial charge is 0.273 e. The van der Waals surface area contributed by atoms with Crippen molar-refractivity contribution in [2.45, 2.75) is 11.1 Å². The third kappa shape index (κ3) is 2.81. The minimum Gasteiger partial charge on any atom is -0.397 e. The molecule has 0 atom stereocenters. The van der Waals surface area contributed by atoms with Crippen molar-refractivity contribution in [3.8, 4) is 0 Å². The third-order valence-electron chi connectivity index (χ3n) is 2.78. The van der Waals surface area contributed by atoms with Crippen LogP contribution in [0.25, 0.3) is 0 Å². The number of hydrogen-bond donors (Lipinski definition) is 1. The summed E-state index contributed by atoms with van der Waals surface area (Å²) in [5.74, 6) is 0. The number of rotatable bonds is 3. The van der Waals surface area contributed by atoms with Crippen LogP contribution >= 0.6 is 38.9 Å². The summed E-state index contributed by atoms with van der Waals surface area (Å²) in [4.78, 5) is 0. The van der Waals surface area contributed by atoms with E-state index < -0.39 is 10.0 Å². The van der Waals surface area contributed by atoms with Crippen LogP contribution in [0.2, 0.25) is 5.02 Å². The molecule has 4 nitrogen and oxygen atoms in total. The predicted octanol–water partition coefficient (Wildman–Crippen LogP) is 3.88. The van der Waals surface area contributed by atoms with Crippen molar-refractivity contribution in [3.05, 3.63) is 38.6 Å². The highest BCUT2D eigenvalue weighted by molar-refractivity contribution is 9.11. The summed E-state index contributed by atoms with van der Waals surface area (Å²) in [6, 6.07) is 6.36. The van der Waals surface area contributed by atoms with Gasteiger partial charge in [-0.2, -0.15) is 0 Å². The molecule has 1 heterocycles. The molecule has 0 radical (unpaired) electrons. The highest BCUT2D eigenvalue weighted by Crippen LogP contribution is 2.35. The zero-order chi connectivity index (χ0) is 15.1. The standard InChI is InChI=1S/C12H12BrClN2O2S2/c1-7-5-11(19-12(7)13)20(17,18)16(2)10-6-8(14)3-4-9(10)15/h3-6H,15H2,1-2H3. The highest BCUT2D eigenvalue weighted by Gasteiger charge is 2.25. The minimum absolute atomic E-state index is 0.253. The maximum Gasteiger partial charge on any atom is 0.273 e. The maximum absolute atomic E-state index is 12.6. The molecule has 0 aliphatic carbocycles. The van der Waals surface area contributed by atoms with Gasteiger partial charge in [-0.1, -0.05) is 11.6 Å². The first-order valence-electron chi connectivity index (χ1n) is 5.53. The normalized spacial score (nSPS) is 11.6. The Morgan fingerprint density at radius 1 is 1.35 bits per heavy atom. The van der Waals surface area contributed by atoms with Gasteiger partial charge in [-0.3, -0.25) is 4.31 Å². The molecular formula is C12H12BrClN2O2S2. The van der Waals surface area contributed by atoms with Crippen LogP contribution in [0, 0.1) is 6.92 Å². The van der Waals surface area contributed by atoms with Gasteiger partial charge in [0.2, 0.25) is 0 Å². The Hall–Kier alpha value is -0.760. The fraction of sp³-hybridized carbons (Fsp3) is 0.167. The summed E-state index contributed by atoms with van der Waals surface area (Å²) in [6.07, 6.45) is 0. The average molecular weight is 396 g/mol. The summed E-state index contributed by atoms with van der Waals surface area (Å²) < 4.78 is 27.4. The van der Waals surface area contributed by atoms with Crippen molar-refractivity contribution in [2.24, 2.45) is 0 Å². The van der Waals surface area contributed by atoms with Crippen molar-refractivity contribution in [2.75, 3.05) is 17.1 Å². The van der Waals surface area contributed by atoms with Gasteiger partial charge in [0.25, 0.3) is 10.0 Å². The van der Waals surface area contributed by atoms with Crippen LogP contribution in [0.4, 0.5) is 11.4 Å². The van der Waals surface area contributed by atoms with Gasteiger partial charge in [-0.15, -0.1) is 11.3 Å². The lowest BCUT2D eigenvalue weighted by atomic mass is 10.3. The van der Waals surface area contributed by atoms with E-state index in [9.17, 15) is 8.42 Å². The first-order valence-corrected chi connectivity index (χ1v) is 8.96. The molecule has 2 aromatic rings. The molecular weight excluding hydrogens is 384 g/mol. The number of thiophene rings is 1. The molecule has 0 aliphatic heterocycles. The van der Waals surface area contributed by atoms with Crippen LogP contribution in [0.15, 0.2) is 32.3 Å². The third-order valence-corrected chi connectivity index (χ3v) is 7.37. The Balaban J connectivity index is 2.51. The van der Waals surface area contributed by atoms with Gasteiger partial charge in [-0.05, 0) is 52.7 Å². The molecule has 1 aromatic heterocycles. The Bertz CT molecular complexity index is 739. The lowest BCUT2D eigenvalue weighted by molar-refractivity contribution is 0.596. The lowest BCUT2D eigenvalue weighted by Gasteiger charge is -2.20. The first-order chi connectivity index (χ1) is 9.23. The van der Waals surface area contributed by atoms with Crippen LogP contribution < -0.4 is 10.0 Å². The monoisotopic (exact) mass is 394 g/mol. The average Bonchev–Trinajstić information content (AvgIpc) is 2.72. The second-order valence-corrected chi connectivity index (χ2v) is 9.20. The van der Waals surface area contributed by atoms with Gasteiger partial charge in [-0.25, -0.2) is 8.42 Å². The molecule has 20 heavy (non-hydrogen) atoms. The maximum atomic E-state index is 12.6. The molecule has 2 rings (SSSR count). The van der Waals surface area contributed by atoms with E-state index in [-0.39, 0.29) is 4.21 Å². The van der Waals surface area contributed by atoms with Gasteiger partial charge < -0.3 is 5.73 Å². The fourth-order valence-electron chi connectivity index (χ4n) is 1.61. The fourth-order valence-corrected chi connectivity index (χ4v) is 5.39. The second kappa shape index (κ2) is 5.55. The topological polar surface area (TPSA) is 63.4 Å². The first kappa shape index (κ1) is 15.6.